The molecule has 0 saturated heterocycles. The second-order valence-electron chi connectivity index (χ2n) is 6.01. The Morgan fingerprint density at radius 3 is 2.73 bits per heavy atom. The van der Waals surface area contributed by atoms with Gasteiger partial charge in [0.1, 0.15) is 12.2 Å². The molecular formula is C18H24N4O3S. The van der Waals surface area contributed by atoms with Gasteiger partial charge in [0, 0.05) is 12.7 Å². The van der Waals surface area contributed by atoms with Crippen molar-refractivity contribution in [1.29, 1.82) is 0 Å². The van der Waals surface area contributed by atoms with E-state index in [1.54, 1.807) is 18.5 Å². The highest BCUT2D eigenvalue weighted by Crippen LogP contribution is 2.24. The molecule has 2 aromatic rings. The van der Waals surface area contributed by atoms with Crippen molar-refractivity contribution in [2.24, 2.45) is 7.05 Å². The highest BCUT2D eigenvalue weighted by molar-refractivity contribution is 8.00. The Morgan fingerprint density at radius 2 is 2.04 bits per heavy atom. The second kappa shape index (κ2) is 8.84. The van der Waals surface area contributed by atoms with Crippen molar-refractivity contribution in [1.82, 2.24) is 14.8 Å². The number of aromatic nitrogens is 3. The number of hydrogen-bond donors (Lipinski definition) is 1. The zero-order valence-corrected chi connectivity index (χ0v) is 16.5. The van der Waals surface area contributed by atoms with Gasteiger partial charge in [0.15, 0.2) is 5.16 Å². The van der Waals surface area contributed by atoms with Crippen LogP contribution in [0.5, 0.6) is 0 Å². The number of rotatable bonds is 7. The van der Waals surface area contributed by atoms with Crippen LogP contribution in [0.1, 0.15) is 30.8 Å². The lowest BCUT2D eigenvalue weighted by atomic mass is 10.1. The van der Waals surface area contributed by atoms with Crippen molar-refractivity contribution in [3.05, 3.63) is 35.2 Å². The van der Waals surface area contributed by atoms with Gasteiger partial charge in [-0.15, -0.1) is 10.2 Å². The number of amides is 1. The Balaban J connectivity index is 2.01. The first-order valence-electron chi connectivity index (χ1n) is 8.40. The molecule has 7 nitrogen and oxygen atoms in total. The first-order chi connectivity index (χ1) is 12.3. The minimum atomic E-state index is -0.367. The number of aryl methyl sites for hydroxylation is 2. The Hall–Kier alpha value is -2.35. The molecule has 1 aromatic carbocycles. The smallest absolute Gasteiger partial charge is 0.313 e. The normalized spacial score (nSPS) is 11.9. The first kappa shape index (κ1) is 20.0. The number of carbonyl (C=O) groups is 2. The zero-order chi connectivity index (χ0) is 19.3. The fourth-order valence-corrected chi connectivity index (χ4v) is 3.09. The number of thioether (sulfide) groups is 1. The van der Waals surface area contributed by atoms with Gasteiger partial charge in [0.25, 0.3) is 0 Å². The van der Waals surface area contributed by atoms with Gasteiger partial charge in [-0.1, -0.05) is 23.9 Å². The summed E-state index contributed by atoms with van der Waals surface area (Å²) in [5, 5.41) is 11.3. The molecule has 140 valence electrons. The Kier molecular flexibility index (Phi) is 6.79. The van der Waals surface area contributed by atoms with Crippen molar-refractivity contribution in [2.45, 2.75) is 44.5 Å². The lowest BCUT2D eigenvalue weighted by Crippen LogP contribution is -2.23. The number of ether oxygens (including phenoxy) is 1. The summed E-state index contributed by atoms with van der Waals surface area (Å²) in [5.74, 6) is 0.0481. The Morgan fingerprint density at radius 1 is 1.31 bits per heavy atom. The number of nitrogens with one attached hydrogen (secondary N) is 1. The Bertz CT molecular complexity index is 804. The fourth-order valence-electron chi connectivity index (χ4n) is 2.26. The van der Waals surface area contributed by atoms with Gasteiger partial charge in [-0.3, -0.25) is 9.59 Å². The van der Waals surface area contributed by atoms with Crippen molar-refractivity contribution in [3.8, 4) is 0 Å². The first-order valence-corrected chi connectivity index (χ1v) is 9.28. The molecule has 0 spiro atoms. The van der Waals surface area contributed by atoms with Gasteiger partial charge in [-0.05, 0) is 44.9 Å². The van der Waals surface area contributed by atoms with E-state index in [4.69, 9.17) is 4.74 Å². The van der Waals surface area contributed by atoms with Crippen LogP contribution in [-0.2, 0) is 27.8 Å². The molecule has 0 aliphatic carbocycles. The van der Waals surface area contributed by atoms with E-state index in [0.717, 1.165) is 16.8 Å². The van der Waals surface area contributed by atoms with E-state index in [9.17, 15) is 9.59 Å². The van der Waals surface area contributed by atoms with Crippen LogP contribution in [0, 0.1) is 13.8 Å². The summed E-state index contributed by atoms with van der Waals surface area (Å²) in [7, 11) is 1.77. The van der Waals surface area contributed by atoms with Gasteiger partial charge in [-0.2, -0.15) is 0 Å². The third kappa shape index (κ3) is 5.08. The highest BCUT2D eigenvalue weighted by Gasteiger charge is 2.20. The van der Waals surface area contributed by atoms with Crippen molar-refractivity contribution >= 4 is 29.3 Å². The summed E-state index contributed by atoms with van der Waals surface area (Å²) in [6.45, 7) is 7.83. The molecule has 2 rings (SSSR count). The maximum atomic E-state index is 12.5. The van der Waals surface area contributed by atoms with E-state index in [2.05, 4.69) is 15.5 Å². The van der Waals surface area contributed by atoms with Crippen LogP contribution < -0.4 is 5.32 Å². The van der Waals surface area contributed by atoms with Crippen LogP contribution in [-0.4, -0.2) is 38.5 Å². The van der Waals surface area contributed by atoms with Gasteiger partial charge in [-0.25, -0.2) is 0 Å². The number of benzene rings is 1. The van der Waals surface area contributed by atoms with Gasteiger partial charge < -0.3 is 14.6 Å². The molecule has 1 atom stereocenters. The predicted octanol–water partition coefficient (Wildman–Crippen LogP) is 2.66. The molecule has 0 unspecified atom stereocenters. The summed E-state index contributed by atoms with van der Waals surface area (Å²) in [4.78, 5) is 24.1. The summed E-state index contributed by atoms with van der Waals surface area (Å²) in [5.41, 5.74) is 2.91. The molecular weight excluding hydrogens is 352 g/mol. The maximum Gasteiger partial charge on any atom is 0.313 e. The van der Waals surface area contributed by atoms with Crippen LogP contribution in [0.4, 0.5) is 5.69 Å². The van der Waals surface area contributed by atoms with Gasteiger partial charge in [0.05, 0.1) is 11.9 Å². The summed E-state index contributed by atoms with van der Waals surface area (Å²) < 4.78 is 6.64. The van der Waals surface area contributed by atoms with Crippen molar-refractivity contribution in [2.75, 3.05) is 11.9 Å². The average Bonchev–Trinajstić information content (AvgIpc) is 2.91. The molecule has 26 heavy (non-hydrogen) atoms. The van der Waals surface area contributed by atoms with Gasteiger partial charge >= 0.3 is 5.97 Å². The standard InChI is InChI=1S/C18H24N4O3S/c1-6-25-16(23)10-15-20-21-18(22(15)5)26-13(4)17(24)19-14-9-11(2)7-8-12(14)3/h7-9,13H,6,10H2,1-5H3,(H,19,24)/t13-/m1/s1. The van der Waals surface area contributed by atoms with E-state index in [-0.39, 0.29) is 23.5 Å². The number of nitrogens with zero attached hydrogens (tertiary/aromatic N) is 3. The third-order valence-corrected chi connectivity index (χ3v) is 4.97. The molecule has 0 bridgehead atoms. The molecule has 0 fully saturated rings. The van der Waals surface area contributed by atoms with Gasteiger partial charge in [0.2, 0.25) is 5.91 Å². The number of hydrogen-bond acceptors (Lipinski definition) is 6. The average molecular weight is 376 g/mol. The fraction of sp³-hybridized carbons (Fsp3) is 0.444. The Labute approximate surface area is 157 Å². The minimum absolute atomic E-state index is 0.0565. The molecule has 0 aliphatic rings. The summed E-state index contributed by atoms with van der Waals surface area (Å²) >= 11 is 1.29. The number of esters is 1. The second-order valence-corrected chi connectivity index (χ2v) is 7.32. The van der Waals surface area contributed by atoms with Crippen LogP contribution in [0.25, 0.3) is 0 Å². The lowest BCUT2D eigenvalue weighted by Gasteiger charge is -2.13. The summed E-state index contributed by atoms with van der Waals surface area (Å²) in [6.07, 6.45) is 0.0565. The quantitative estimate of drug-likeness (QED) is 0.591. The van der Waals surface area contributed by atoms with Crippen LogP contribution >= 0.6 is 11.8 Å². The van der Waals surface area contributed by atoms with Crippen molar-refractivity contribution in [3.63, 3.8) is 0 Å². The molecule has 1 aromatic heterocycles. The SMILES string of the molecule is CCOC(=O)Cc1nnc(S[C@H](C)C(=O)Nc2cc(C)ccc2C)n1C. The van der Waals surface area contributed by atoms with Crippen LogP contribution in [0.15, 0.2) is 23.4 Å². The molecule has 0 aliphatic heterocycles. The van der Waals surface area contributed by atoms with E-state index in [1.807, 2.05) is 39.0 Å². The summed E-state index contributed by atoms with van der Waals surface area (Å²) in [6, 6.07) is 5.94. The van der Waals surface area contributed by atoms with Crippen LogP contribution in [0.2, 0.25) is 0 Å². The molecule has 8 heteroatoms. The molecule has 0 saturated carbocycles. The zero-order valence-electron chi connectivity index (χ0n) is 15.7. The van der Waals surface area contributed by atoms with Crippen molar-refractivity contribution < 1.29 is 14.3 Å². The monoisotopic (exact) mass is 376 g/mol. The van der Waals surface area contributed by atoms with E-state index >= 15 is 0 Å². The molecule has 1 heterocycles. The predicted molar refractivity (Wildman–Crippen MR) is 101 cm³/mol. The maximum absolute atomic E-state index is 12.5. The van der Waals surface area contributed by atoms with E-state index in [0.29, 0.717) is 17.6 Å². The molecule has 0 radical (unpaired) electrons. The number of carbonyl (C=O) groups excluding carboxylic acids is 2. The number of anilines is 1. The molecule has 1 N–H and O–H groups in total. The topological polar surface area (TPSA) is 86.1 Å². The third-order valence-electron chi connectivity index (χ3n) is 3.84. The minimum Gasteiger partial charge on any atom is -0.466 e. The van der Waals surface area contributed by atoms with E-state index < -0.39 is 0 Å². The van der Waals surface area contributed by atoms with Crippen LogP contribution in [0.3, 0.4) is 0 Å². The lowest BCUT2D eigenvalue weighted by molar-refractivity contribution is -0.142. The molecule has 1 amide bonds. The highest BCUT2D eigenvalue weighted by atomic mass is 32.2. The largest absolute Gasteiger partial charge is 0.466 e. The van der Waals surface area contributed by atoms with E-state index in [1.165, 1.54) is 11.8 Å².